The van der Waals surface area contributed by atoms with E-state index in [1.54, 1.807) is 0 Å². The van der Waals surface area contributed by atoms with Crippen LogP contribution in [-0.2, 0) is 5.54 Å². The minimum Gasteiger partial charge on any atom is -0.322 e. The Labute approximate surface area is 82.1 Å². The van der Waals surface area contributed by atoms with E-state index >= 15 is 0 Å². The van der Waals surface area contributed by atoms with Crippen LogP contribution in [-0.4, -0.2) is 0 Å². The average Bonchev–Trinajstić information content (AvgIpc) is 1.92. The van der Waals surface area contributed by atoms with Crippen LogP contribution in [0.1, 0.15) is 25.0 Å². The Hall–Kier alpha value is -0.340. The first-order chi connectivity index (χ1) is 5.41. The molecule has 2 heteroatoms. The van der Waals surface area contributed by atoms with Gasteiger partial charge in [-0.15, -0.1) is 0 Å². The van der Waals surface area contributed by atoms with E-state index in [0.717, 1.165) is 10.0 Å². The van der Waals surface area contributed by atoms with Gasteiger partial charge in [-0.05, 0) is 38.0 Å². The topological polar surface area (TPSA) is 26.0 Å². The van der Waals surface area contributed by atoms with Gasteiger partial charge in [0.1, 0.15) is 0 Å². The van der Waals surface area contributed by atoms with Crippen LogP contribution >= 0.6 is 15.9 Å². The van der Waals surface area contributed by atoms with Gasteiger partial charge >= 0.3 is 0 Å². The van der Waals surface area contributed by atoms with Crippen molar-refractivity contribution in [2.75, 3.05) is 0 Å². The fraction of sp³-hybridized carbons (Fsp3) is 0.400. The van der Waals surface area contributed by atoms with Crippen molar-refractivity contribution in [2.45, 2.75) is 26.3 Å². The normalized spacial score (nSPS) is 11.8. The molecule has 0 bridgehead atoms. The number of hydrogen-bond acceptors (Lipinski definition) is 1. The lowest BCUT2D eigenvalue weighted by molar-refractivity contribution is 0.554. The van der Waals surface area contributed by atoms with E-state index in [4.69, 9.17) is 5.73 Å². The zero-order chi connectivity index (χ0) is 9.35. The van der Waals surface area contributed by atoms with Gasteiger partial charge in [0.15, 0.2) is 0 Å². The molecule has 12 heavy (non-hydrogen) atoms. The van der Waals surface area contributed by atoms with E-state index < -0.39 is 0 Å². The summed E-state index contributed by atoms with van der Waals surface area (Å²) in [5, 5.41) is 0. The minimum atomic E-state index is -0.254. The number of nitrogens with two attached hydrogens (primary N) is 1. The van der Waals surface area contributed by atoms with Gasteiger partial charge in [0.25, 0.3) is 0 Å². The lowest BCUT2D eigenvalue weighted by Gasteiger charge is -2.19. The molecule has 0 heterocycles. The lowest BCUT2D eigenvalue weighted by Crippen LogP contribution is -2.28. The molecule has 0 saturated carbocycles. The third kappa shape index (κ3) is 2.08. The lowest BCUT2D eigenvalue weighted by atomic mass is 9.95. The van der Waals surface area contributed by atoms with Crippen molar-refractivity contribution in [2.24, 2.45) is 5.73 Å². The summed E-state index contributed by atoms with van der Waals surface area (Å²) in [4.78, 5) is 0. The van der Waals surface area contributed by atoms with Gasteiger partial charge in [0, 0.05) is 10.0 Å². The van der Waals surface area contributed by atoms with Gasteiger partial charge in [-0.25, -0.2) is 0 Å². The molecule has 0 atom stereocenters. The summed E-state index contributed by atoms with van der Waals surface area (Å²) in [5.74, 6) is 0. The van der Waals surface area contributed by atoms with Gasteiger partial charge < -0.3 is 5.73 Å². The second-order valence-corrected chi connectivity index (χ2v) is 4.54. The molecule has 1 rings (SSSR count). The van der Waals surface area contributed by atoms with Crippen LogP contribution in [0.4, 0.5) is 0 Å². The van der Waals surface area contributed by atoms with E-state index in [0.29, 0.717) is 0 Å². The highest BCUT2D eigenvalue weighted by molar-refractivity contribution is 9.10. The monoisotopic (exact) mass is 227 g/mol. The maximum Gasteiger partial charge on any atom is 0.0352 e. The molecule has 0 amide bonds. The van der Waals surface area contributed by atoms with Crippen LogP contribution in [0.5, 0.6) is 0 Å². The van der Waals surface area contributed by atoms with Crippen LogP contribution < -0.4 is 5.73 Å². The summed E-state index contributed by atoms with van der Waals surface area (Å²) in [5.41, 5.74) is 8.09. The van der Waals surface area contributed by atoms with Crippen LogP contribution in [0.15, 0.2) is 22.7 Å². The third-order valence-corrected chi connectivity index (χ3v) is 2.77. The fourth-order valence-corrected chi connectivity index (χ4v) is 1.37. The summed E-state index contributed by atoms with van der Waals surface area (Å²) in [6, 6.07) is 6.23. The largest absolute Gasteiger partial charge is 0.322 e. The molecule has 0 saturated heterocycles. The summed E-state index contributed by atoms with van der Waals surface area (Å²) < 4.78 is 1.12. The third-order valence-electron chi connectivity index (χ3n) is 1.92. The Balaban J connectivity index is 3.14. The van der Waals surface area contributed by atoms with Crippen LogP contribution in [0.2, 0.25) is 0 Å². The van der Waals surface area contributed by atoms with E-state index in [1.807, 2.05) is 13.8 Å². The smallest absolute Gasteiger partial charge is 0.0352 e. The van der Waals surface area contributed by atoms with Gasteiger partial charge in [-0.2, -0.15) is 0 Å². The molecule has 0 aliphatic rings. The molecule has 0 unspecified atom stereocenters. The molecular formula is C10H14BrN. The summed E-state index contributed by atoms with van der Waals surface area (Å²) in [6.45, 7) is 6.07. The highest BCUT2D eigenvalue weighted by Gasteiger charge is 2.14. The standard InChI is InChI=1S/C10H14BrN/c1-7-4-5-8(6-9(7)11)10(2,3)12/h4-6H,12H2,1-3H3. The van der Waals surface area contributed by atoms with Gasteiger partial charge in [-0.1, -0.05) is 28.1 Å². The molecule has 1 nitrogen and oxygen atoms in total. The zero-order valence-corrected chi connectivity index (χ0v) is 9.27. The number of rotatable bonds is 1. The summed E-state index contributed by atoms with van der Waals surface area (Å²) in [7, 11) is 0. The van der Waals surface area contributed by atoms with E-state index in [1.165, 1.54) is 5.56 Å². The molecule has 0 aliphatic carbocycles. The Morgan fingerprint density at radius 1 is 1.33 bits per heavy atom. The van der Waals surface area contributed by atoms with E-state index in [2.05, 4.69) is 41.1 Å². The maximum atomic E-state index is 5.95. The average molecular weight is 228 g/mol. The van der Waals surface area contributed by atoms with Crippen molar-refractivity contribution in [3.05, 3.63) is 33.8 Å². The molecular weight excluding hydrogens is 214 g/mol. The molecule has 0 fully saturated rings. The molecule has 66 valence electrons. The SMILES string of the molecule is Cc1ccc(C(C)(C)N)cc1Br. The predicted molar refractivity (Wildman–Crippen MR) is 56.1 cm³/mol. The van der Waals surface area contributed by atoms with Crippen LogP contribution in [0.3, 0.4) is 0 Å². The Bertz CT molecular complexity index is 286. The minimum absolute atomic E-state index is 0.254. The number of halogens is 1. The van der Waals surface area contributed by atoms with Gasteiger partial charge in [0.2, 0.25) is 0 Å². The van der Waals surface area contributed by atoms with Crippen LogP contribution in [0.25, 0.3) is 0 Å². The molecule has 0 radical (unpaired) electrons. The van der Waals surface area contributed by atoms with Crippen molar-refractivity contribution in [1.82, 2.24) is 0 Å². The van der Waals surface area contributed by atoms with Crippen LogP contribution in [0, 0.1) is 6.92 Å². The first-order valence-corrected chi connectivity index (χ1v) is 4.76. The number of hydrogen-bond donors (Lipinski definition) is 1. The Morgan fingerprint density at radius 2 is 1.92 bits per heavy atom. The maximum absolute atomic E-state index is 5.95. The fourth-order valence-electron chi connectivity index (χ4n) is 0.994. The molecule has 1 aromatic rings. The molecule has 1 aromatic carbocycles. The number of aryl methyl sites for hydroxylation is 1. The van der Waals surface area contributed by atoms with Crippen molar-refractivity contribution >= 4 is 15.9 Å². The molecule has 0 aliphatic heterocycles. The highest BCUT2D eigenvalue weighted by Crippen LogP contribution is 2.23. The van der Waals surface area contributed by atoms with Crippen molar-refractivity contribution < 1.29 is 0 Å². The highest BCUT2D eigenvalue weighted by atomic mass is 79.9. The zero-order valence-electron chi connectivity index (χ0n) is 7.69. The second kappa shape index (κ2) is 3.19. The van der Waals surface area contributed by atoms with Gasteiger partial charge in [0.05, 0.1) is 0 Å². The predicted octanol–water partition coefficient (Wildman–Crippen LogP) is 2.95. The molecule has 2 N–H and O–H groups in total. The first kappa shape index (κ1) is 9.75. The summed E-state index contributed by atoms with van der Waals surface area (Å²) >= 11 is 3.48. The van der Waals surface area contributed by atoms with Crippen molar-refractivity contribution in [3.8, 4) is 0 Å². The summed E-state index contributed by atoms with van der Waals surface area (Å²) in [6.07, 6.45) is 0. The van der Waals surface area contributed by atoms with E-state index in [9.17, 15) is 0 Å². The van der Waals surface area contributed by atoms with E-state index in [-0.39, 0.29) is 5.54 Å². The Morgan fingerprint density at radius 3 is 2.33 bits per heavy atom. The number of benzene rings is 1. The van der Waals surface area contributed by atoms with Gasteiger partial charge in [-0.3, -0.25) is 0 Å². The van der Waals surface area contributed by atoms with Crippen molar-refractivity contribution in [3.63, 3.8) is 0 Å². The quantitative estimate of drug-likeness (QED) is 0.785. The molecule has 0 aromatic heterocycles. The van der Waals surface area contributed by atoms with Crippen molar-refractivity contribution in [1.29, 1.82) is 0 Å². The second-order valence-electron chi connectivity index (χ2n) is 3.69. The Kier molecular flexibility index (Phi) is 2.59. The molecule has 0 spiro atoms. The first-order valence-electron chi connectivity index (χ1n) is 3.97.